The number of nitrogens with zero attached hydrogens (tertiary/aromatic N) is 4. The number of hydrogen-bond donors (Lipinski definition) is 0. The van der Waals surface area contributed by atoms with Gasteiger partial charge in [-0.3, -0.25) is 0 Å². The van der Waals surface area contributed by atoms with E-state index in [0.717, 1.165) is 39.9 Å². The van der Waals surface area contributed by atoms with Crippen molar-refractivity contribution in [1.82, 2.24) is 14.3 Å². The van der Waals surface area contributed by atoms with Crippen LogP contribution in [0.3, 0.4) is 0 Å². The molecule has 0 aliphatic rings. The molecule has 0 N–H and O–H groups in total. The zero-order chi connectivity index (χ0) is 23.2. The van der Waals surface area contributed by atoms with E-state index in [9.17, 15) is 0 Å². The summed E-state index contributed by atoms with van der Waals surface area (Å²) in [5.41, 5.74) is 6.47. The third-order valence-corrected chi connectivity index (χ3v) is 6.22. The highest BCUT2D eigenvalue weighted by molar-refractivity contribution is 6.09. The van der Waals surface area contributed by atoms with E-state index < -0.39 is 0 Å². The maximum absolute atomic E-state index is 6.42. The Hall–Kier alpha value is -4.38. The molecule has 34 heavy (non-hydrogen) atoms. The topological polar surface area (TPSA) is 35.9 Å². The fraction of sp³-hybridized carbons (Fsp3) is 0.103. The molecule has 6 aromatic rings. The van der Waals surface area contributed by atoms with E-state index in [1.165, 1.54) is 16.3 Å². The smallest absolute Gasteiger partial charge is 0.375 e. The van der Waals surface area contributed by atoms with Crippen LogP contribution in [-0.2, 0) is 7.05 Å². The molecular formula is C29H25N4O+. The van der Waals surface area contributed by atoms with Gasteiger partial charge < -0.3 is 9.30 Å². The maximum atomic E-state index is 6.42. The normalized spacial score (nSPS) is 11.4. The van der Waals surface area contributed by atoms with Crippen molar-refractivity contribution < 1.29 is 9.30 Å². The van der Waals surface area contributed by atoms with Gasteiger partial charge in [0.15, 0.2) is 6.20 Å². The number of rotatable bonds is 4. The highest BCUT2D eigenvalue weighted by Gasteiger charge is 2.16. The molecular weight excluding hydrogens is 420 g/mol. The Kier molecular flexibility index (Phi) is 4.69. The van der Waals surface area contributed by atoms with Gasteiger partial charge in [0.1, 0.15) is 12.8 Å². The minimum atomic E-state index is 0.742. The molecule has 3 heterocycles. The molecule has 3 aromatic heterocycles. The molecule has 0 radical (unpaired) electrons. The fourth-order valence-corrected chi connectivity index (χ4v) is 4.65. The Morgan fingerprint density at radius 2 is 1.50 bits per heavy atom. The number of para-hydroxylation sites is 2. The van der Waals surface area contributed by atoms with Crippen molar-refractivity contribution in [2.24, 2.45) is 7.05 Å². The van der Waals surface area contributed by atoms with E-state index in [2.05, 4.69) is 83.3 Å². The van der Waals surface area contributed by atoms with Crippen LogP contribution < -0.4 is 9.30 Å². The Morgan fingerprint density at radius 1 is 0.735 bits per heavy atom. The summed E-state index contributed by atoms with van der Waals surface area (Å²) in [5, 5.41) is 7.05. The molecule has 0 spiro atoms. The first kappa shape index (κ1) is 20.2. The summed E-state index contributed by atoms with van der Waals surface area (Å²) in [7, 11) is 1.99. The zero-order valence-corrected chi connectivity index (χ0v) is 19.4. The second kappa shape index (κ2) is 7.89. The lowest BCUT2D eigenvalue weighted by Gasteiger charge is -2.09. The zero-order valence-electron chi connectivity index (χ0n) is 19.4. The lowest BCUT2D eigenvalue weighted by molar-refractivity contribution is -0.675. The first-order chi connectivity index (χ1) is 16.6. The second-order valence-corrected chi connectivity index (χ2v) is 8.64. The first-order valence-corrected chi connectivity index (χ1v) is 11.4. The third-order valence-electron chi connectivity index (χ3n) is 6.22. The van der Waals surface area contributed by atoms with Crippen LogP contribution in [0, 0.1) is 13.8 Å². The van der Waals surface area contributed by atoms with Crippen molar-refractivity contribution in [3.63, 3.8) is 0 Å². The van der Waals surface area contributed by atoms with Crippen molar-refractivity contribution in [2.45, 2.75) is 13.8 Å². The number of hydrogen-bond acceptors (Lipinski definition) is 2. The summed E-state index contributed by atoms with van der Waals surface area (Å²) in [6.45, 7) is 4.06. The number of aryl methyl sites for hydroxylation is 3. The van der Waals surface area contributed by atoms with Crippen LogP contribution >= 0.6 is 0 Å². The summed E-state index contributed by atoms with van der Waals surface area (Å²) < 4.78 is 12.6. The van der Waals surface area contributed by atoms with Gasteiger partial charge in [-0.2, -0.15) is 9.67 Å². The molecule has 0 fully saturated rings. The Labute approximate surface area is 198 Å². The van der Waals surface area contributed by atoms with Crippen LogP contribution in [-0.4, -0.2) is 14.3 Å². The molecule has 5 heteroatoms. The molecule has 0 bridgehead atoms. The Morgan fingerprint density at radius 3 is 2.29 bits per heavy atom. The molecule has 6 rings (SSSR count). The van der Waals surface area contributed by atoms with Gasteiger partial charge in [0, 0.05) is 34.3 Å². The van der Waals surface area contributed by atoms with Gasteiger partial charge in [0.25, 0.3) is 0 Å². The summed E-state index contributed by atoms with van der Waals surface area (Å²) in [5.74, 6) is 1.53. The van der Waals surface area contributed by atoms with E-state index in [1.54, 1.807) is 0 Å². The van der Waals surface area contributed by atoms with Gasteiger partial charge in [-0.1, -0.05) is 36.4 Å². The Balaban J connectivity index is 1.48. The largest absolute Gasteiger partial charge is 0.405 e. The summed E-state index contributed by atoms with van der Waals surface area (Å²) in [6.07, 6.45) is 2.00. The van der Waals surface area contributed by atoms with E-state index in [-0.39, 0.29) is 0 Å². The standard InChI is InChI=1S/C29H25N4O/c1-20-17-21(2)33(30-20)23-15-16-31(3)29(18-23)34-24-13-14-26-25-11-7-8-12-27(25)32(28(26)19-24)22-9-5-4-6-10-22/h4-19H,1-3H3/q+1. The average molecular weight is 446 g/mol. The van der Waals surface area contributed by atoms with Crippen molar-refractivity contribution >= 4 is 21.8 Å². The number of ether oxygens (including phenoxy) is 1. The van der Waals surface area contributed by atoms with Crippen LogP contribution in [0.15, 0.2) is 97.2 Å². The third kappa shape index (κ3) is 3.33. The van der Waals surface area contributed by atoms with Crippen LogP contribution in [0.5, 0.6) is 11.6 Å². The van der Waals surface area contributed by atoms with Crippen molar-refractivity contribution in [2.75, 3.05) is 0 Å². The van der Waals surface area contributed by atoms with Crippen molar-refractivity contribution in [3.05, 3.63) is 109 Å². The molecule has 0 saturated heterocycles. The van der Waals surface area contributed by atoms with E-state index in [0.29, 0.717) is 0 Å². The highest BCUT2D eigenvalue weighted by Crippen LogP contribution is 2.35. The number of benzene rings is 3. The molecule has 0 saturated carbocycles. The molecule has 0 aliphatic carbocycles. The monoisotopic (exact) mass is 445 g/mol. The minimum Gasteiger partial charge on any atom is -0.405 e. The van der Waals surface area contributed by atoms with Crippen LogP contribution in [0.25, 0.3) is 33.2 Å². The van der Waals surface area contributed by atoms with Crippen LogP contribution in [0.4, 0.5) is 0 Å². The Bertz CT molecular complexity index is 1660. The molecule has 0 unspecified atom stereocenters. The lowest BCUT2D eigenvalue weighted by Crippen LogP contribution is -2.29. The van der Waals surface area contributed by atoms with Crippen molar-refractivity contribution in [1.29, 1.82) is 0 Å². The number of fused-ring (bicyclic) bond motifs is 3. The van der Waals surface area contributed by atoms with E-state index in [4.69, 9.17) is 4.74 Å². The second-order valence-electron chi connectivity index (χ2n) is 8.64. The van der Waals surface area contributed by atoms with Crippen LogP contribution in [0.1, 0.15) is 11.4 Å². The average Bonchev–Trinajstić information content (AvgIpc) is 3.36. The SMILES string of the molecule is Cc1cc(C)n(-c2cc[n+](C)c(Oc3ccc4c5ccccc5n(-c5ccccc5)c4c3)c2)n1. The van der Waals surface area contributed by atoms with Gasteiger partial charge in [0.2, 0.25) is 0 Å². The molecule has 5 nitrogen and oxygen atoms in total. The number of pyridine rings is 1. The van der Waals surface area contributed by atoms with Gasteiger partial charge in [0.05, 0.1) is 28.5 Å². The van der Waals surface area contributed by atoms with Crippen LogP contribution in [0.2, 0.25) is 0 Å². The maximum Gasteiger partial charge on any atom is 0.375 e. The van der Waals surface area contributed by atoms with Gasteiger partial charge in [-0.15, -0.1) is 0 Å². The summed E-state index contributed by atoms with van der Waals surface area (Å²) in [4.78, 5) is 0. The van der Waals surface area contributed by atoms with Gasteiger partial charge in [-0.25, -0.2) is 4.68 Å². The minimum absolute atomic E-state index is 0.742. The number of aromatic nitrogens is 4. The molecule has 0 amide bonds. The molecule has 3 aromatic carbocycles. The van der Waals surface area contributed by atoms with Gasteiger partial charge in [-0.05, 0) is 50.2 Å². The highest BCUT2D eigenvalue weighted by atomic mass is 16.5. The predicted octanol–water partition coefficient (Wildman–Crippen LogP) is 6.20. The molecule has 0 atom stereocenters. The molecule has 0 aliphatic heterocycles. The molecule has 166 valence electrons. The van der Waals surface area contributed by atoms with Gasteiger partial charge >= 0.3 is 5.88 Å². The summed E-state index contributed by atoms with van der Waals surface area (Å²) >= 11 is 0. The van der Waals surface area contributed by atoms with Crippen molar-refractivity contribution in [3.8, 4) is 23.0 Å². The fourth-order valence-electron chi connectivity index (χ4n) is 4.65. The predicted molar refractivity (Wildman–Crippen MR) is 135 cm³/mol. The van der Waals surface area contributed by atoms with E-state index >= 15 is 0 Å². The van der Waals surface area contributed by atoms with E-state index in [1.807, 2.05) is 53.7 Å². The lowest BCUT2D eigenvalue weighted by atomic mass is 10.1. The summed E-state index contributed by atoms with van der Waals surface area (Å²) in [6, 6.07) is 31.4. The first-order valence-electron chi connectivity index (χ1n) is 11.4. The quantitative estimate of drug-likeness (QED) is 0.303.